The molecule has 1 aliphatic carbocycles. The Morgan fingerprint density at radius 2 is 2.00 bits per heavy atom. The van der Waals surface area contributed by atoms with Gasteiger partial charge in [-0.15, -0.1) is 0 Å². The van der Waals surface area contributed by atoms with Gasteiger partial charge in [0.25, 0.3) is 0 Å². The highest BCUT2D eigenvalue weighted by atomic mass is 16.5. The molecule has 2 aromatic rings. The van der Waals surface area contributed by atoms with Gasteiger partial charge in [-0.3, -0.25) is 9.78 Å². The highest BCUT2D eigenvalue weighted by Crippen LogP contribution is 2.26. The highest BCUT2D eigenvalue weighted by molar-refractivity contribution is 6.06. The van der Waals surface area contributed by atoms with E-state index in [9.17, 15) is 4.79 Å². The fourth-order valence-electron chi connectivity index (χ4n) is 4.09. The molecular weight excluding hydrogens is 414 g/mol. The molecule has 1 amide bonds. The van der Waals surface area contributed by atoms with Crippen LogP contribution >= 0.6 is 0 Å². The van der Waals surface area contributed by atoms with Crippen molar-refractivity contribution < 1.29 is 9.53 Å². The van der Waals surface area contributed by atoms with E-state index in [0.29, 0.717) is 18.0 Å². The third-order valence-electron chi connectivity index (χ3n) is 6.06. The Kier molecular flexibility index (Phi) is 9.01. The lowest BCUT2D eigenvalue weighted by molar-refractivity contribution is -0.135. The van der Waals surface area contributed by atoms with E-state index in [1.807, 2.05) is 55.3 Å². The second-order valence-electron chi connectivity index (χ2n) is 8.52. The summed E-state index contributed by atoms with van der Waals surface area (Å²) in [6, 6.07) is 11.7. The number of nitrogens with two attached hydrogens (primary N) is 1. The molecule has 3 rings (SSSR count). The van der Waals surface area contributed by atoms with Gasteiger partial charge in [0.15, 0.2) is 0 Å². The van der Waals surface area contributed by atoms with Crippen molar-refractivity contribution in [1.29, 1.82) is 0 Å². The predicted molar refractivity (Wildman–Crippen MR) is 133 cm³/mol. The second kappa shape index (κ2) is 12.2. The molecular formula is C26H35N5O2. The van der Waals surface area contributed by atoms with E-state index in [0.717, 1.165) is 42.6 Å². The van der Waals surface area contributed by atoms with Crippen LogP contribution in [0.15, 0.2) is 65.7 Å². The lowest BCUT2D eigenvalue weighted by Gasteiger charge is -2.26. The number of carbonyl (C=O) groups excluding carboxylic acids is 1. The lowest BCUT2D eigenvalue weighted by atomic mass is 9.88. The first-order valence-corrected chi connectivity index (χ1v) is 11.6. The topological polar surface area (TPSA) is 92.8 Å². The summed E-state index contributed by atoms with van der Waals surface area (Å²) in [5, 5.41) is 3.34. The number of benzene rings is 1. The number of hydrogen-bond acceptors (Lipinski definition) is 6. The molecule has 0 radical (unpaired) electrons. The van der Waals surface area contributed by atoms with Gasteiger partial charge in [0.05, 0.1) is 29.4 Å². The van der Waals surface area contributed by atoms with Gasteiger partial charge in [-0.1, -0.05) is 31.4 Å². The van der Waals surface area contributed by atoms with Gasteiger partial charge in [-0.05, 0) is 49.6 Å². The van der Waals surface area contributed by atoms with Crippen LogP contribution in [0.1, 0.15) is 44.6 Å². The van der Waals surface area contributed by atoms with Gasteiger partial charge < -0.3 is 20.7 Å². The molecule has 1 atom stereocenters. The molecule has 7 heteroatoms. The minimum Gasteiger partial charge on any atom is -0.403 e. The lowest BCUT2D eigenvalue weighted by Crippen LogP contribution is -2.33. The predicted octanol–water partition coefficient (Wildman–Crippen LogP) is 4.64. The summed E-state index contributed by atoms with van der Waals surface area (Å²) in [6.45, 7) is 2.52. The summed E-state index contributed by atoms with van der Waals surface area (Å²) in [7, 11) is 3.53. The number of amides is 1. The summed E-state index contributed by atoms with van der Waals surface area (Å²) >= 11 is 0. The van der Waals surface area contributed by atoms with Crippen molar-refractivity contribution >= 4 is 23.0 Å². The molecule has 7 nitrogen and oxygen atoms in total. The van der Waals surface area contributed by atoms with Crippen molar-refractivity contribution in [2.45, 2.75) is 51.7 Å². The van der Waals surface area contributed by atoms with Crippen LogP contribution in [-0.4, -0.2) is 41.8 Å². The molecule has 33 heavy (non-hydrogen) atoms. The number of rotatable bonds is 9. The molecule has 0 aliphatic heterocycles. The highest BCUT2D eigenvalue weighted by Gasteiger charge is 2.24. The third kappa shape index (κ3) is 6.89. The SMILES string of the molecule is CO[C@@H](C)C(=Nc1cccnc1)C(=CN)Nc1ccc(CN(C)C(=O)C2CCCCC2)cc1. The largest absolute Gasteiger partial charge is 0.403 e. The normalized spacial score (nSPS) is 16.3. The number of pyridine rings is 1. The summed E-state index contributed by atoms with van der Waals surface area (Å²) in [6.07, 6.45) is 10.2. The minimum absolute atomic E-state index is 0.183. The molecule has 0 unspecified atom stereocenters. The number of nitrogens with one attached hydrogen (secondary N) is 1. The molecule has 1 fully saturated rings. The molecule has 1 heterocycles. The average Bonchev–Trinajstić information content (AvgIpc) is 2.87. The molecule has 1 aliphatic rings. The fraction of sp³-hybridized carbons (Fsp3) is 0.423. The van der Waals surface area contributed by atoms with Crippen LogP contribution in [-0.2, 0) is 16.1 Å². The Morgan fingerprint density at radius 3 is 2.61 bits per heavy atom. The molecule has 176 valence electrons. The second-order valence-corrected chi connectivity index (χ2v) is 8.52. The van der Waals surface area contributed by atoms with Crippen molar-refractivity contribution in [3.63, 3.8) is 0 Å². The number of aliphatic imine (C=N–C) groups is 1. The van der Waals surface area contributed by atoms with E-state index in [-0.39, 0.29) is 17.9 Å². The van der Waals surface area contributed by atoms with Gasteiger partial charge in [0.2, 0.25) is 5.91 Å². The van der Waals surface area contributed by atoms with Crippen LogP contribution in [0.2, 0.25) is 0 Å². The molecule has 0 spiro atoms. The summed E-state index contributed by atoms with van der Waals surface area (Å²) in [5.74, 6) is 0.442. The van der Waals surface area contributed by atoms with E-state index >= 15 is 0 Å². The zero-order chi connectivity index (χ0) is 23.6. The van der Waals surface area contributed by atoms with E-state index in [2.05, 4.69) is 10.3 Å². The van der Waals surface area contributed by atoms with E-state index in [1.54, 1.807) is 19.5 Å². The summed E-state index contributed by atoms with van der Waals surface area (Å²) in [4.78, 5) is 23.4. The number of methoxy groups -OCH3 is 1. The molecule has 0 bridgehead atoms. The third-order valence-corrected chi connectivity index (χ3v) is 6.06. The number of ether oxygens (including phenoxy) is 1. The standard InChI is InChI=1S/C26H35N5O2/c1-19(33-3)25(30-23-10-7-15-28-17-23)24(16-27)29-22-13-11-20(12-14-22)18-31(2)26(32)21-8-5-4-6-9-21/h7,10-17,19,21,29H,4-6,8-9,18,27H2,1-3H3/t19-/m0/s1. The van der Waals surface area contributed by atoms with Crippen molar-refractivity contribution in [3.05, 3.63) is 66.3 Å². The van der Waals surface area contributed by atoms with E-state index in [1.165, 1.54) is 12.6 Å². The van der Waals surface area contributed by atoms with Gasteiger partial charge in [-0.25, -0.2) is 4.99 Å². The monoisotopic (exact) mass is 449 g/mol. The fourth-order valence-corrected chi connectivity index (χ4v) is 4.09. The number of carbonyl (C=O) groups is 1. The first-order valence-electron chi connectivity index (χ1n) is 11.6. The van der Waals surface area contributed by atoms with Gasteiger partial charge in [-0.2, -0.15) is 0 Å². The maximum atomic E-state index is 12.7. The Hall–Kier alpha value is -3.19. The maximum absolute atomic E-state index is 12.7. The van der Waals surface area contributed by atoms with Gasteiger partial charge in [0, 0.05) is 44.7 Å². The number of nitrogens with zero attached hydrogens (tertiary/aromatic N) is 3. The number of hydrogen-bond donors (Lipinski definition) is 2. The van der Waals surface area contributed by atoms with Crippen molar-refractivity contribution in [1.82, 2.24) is 9.88 Å². The van der Waals surface area contributed by atoms with Crippen molar-refractivity contribution in [2.75, 3.05) is 19.5 Å². The summed E-state index contributed by atoms with van der Waals surface area (Å²) < 4.78 is 5.52. The number of aromatic nitrogens is 1. The van der Waals surface area contributed by atoms with Crippen molar-refractivity contribution in [3.8, 4) is 0 Å². The average molecular weight is 450 g/mol. The van der Waals surface area contributed by atoms with E-state index in [4.69, 9.17) is 15.5 Å². The summed E-state index contributed by atoms with van der Waals surface area (Å²) in [5.41, 5.74) is 9.96. The zero-order valence-electron chi connectivity index (χ0n) is 19.8. The van der Waals surface area contributed by atoms with E-state index < -0.39 is 0 Å². The van der Waals surface area contributed by atoms with Crippen LogP contribution in [0.4, 0.5) is 11.4 Å². The zero-order valence-corrected chi connectivity index (χ0v) is 19.8. The van der Waals surface area contributed by atoms with Crippen LogP contribution in [0.5, 0.6) is 0 Å². The Bertz CT molecular complexity index is 950. The maximum Gasteiger partial charge on any atom is 0.225 e. The molecule has 0 saturated heterocycles. The quantitative estimate of drug-likeness (QED) is 0.544. The van der Waals surface area contributed by atoms with Crippen LogP contribution in [0, 0.1) is 5.92 Å². The first kappa shape index (κ1) is 24.5. The van der Waals surface area contributed by atoms with Gasteiger partial charge >= 0.3 is 0 Å². The van der Waals surface area contributed by atoms with Crippen LogP contribution in [0.3, 0.4) is 0 Å². The molecule has 1 aromatic carbocycles. The Morgan fingerprint density at radius 1 is 1.27 bits per heavy atom. The van der Waals surface area contributed by atoms with Crippen LogP contribution < -0.4 is 11.1 Å². The molecule has 1 aromatic heterocycles. The smallest absolute Gasteiger partial charge is 0.225 e. The first-order chi connectivity index (χ1) is 16.0. The Balaban J connectivity index is 1.67. The molecule has 3 N–H and O–H groups in total. The Labute approximate surface area is 196 Å². The minimum atomic E-state index is -0.272. The van der Waals surface area contributed by atoms with Crippen molar-refractivity contribution in [2.24, 2.45) is 16.6 Å². The number of anilines is 1. The van der Waals surface area contributed by atoms with Crippen LogP contribution in [0.25, 0.3) is 0 Å². The molecule has 1 saturated carbocycles. The van der Waals surface area contributed by atoms with Gasteiger partial charge in [0.1, 0.15) is 0 Å².